The Balaban J connectivity index is 1.39. The second kappa shape index (κ2) is 8.76. The molecule has 31 heavy (non-hydrogen) atoms. The third-order valence-corrected chi connectivity index (χ3v) is 5.79. The number of nitrogens with zero attached hydrogens (tertiary/aromatic N) is 4. The third kappa shape index (κ3) is 4.38. The Kier molecular flexibility index (Phi) is 5.89. The van der Waals surface area contributed by atoms with Gasteiger partial charge in [0.15, 0.2) is 5.69 Å². The van der Waals surface area contributed by atoms with Crippen LogP contribution in [0, 0.1) is 6.92 Å². The van der Waals surface area contributed by atoms with E-state index in [0.29, 0.717) is 43.4 Å². The predicted octanol–water partition coefficient (Wildman–Crippen LogP) is 3.90. The first-order chi connectivity index (χ1) is 14.9. The molecule has 3 aromatic rings. The number of piperazine rings is 1. The van der Waals surface area contributed by atoms with E-state index in [9.17, 15) is 9.59 Å². The van der Waals surface area contributed by atoms with Gasteiger partial charge in [0, 0.05) is 37.4 Å². The highest BCUT2D eigenvalue weighted by Crippen LogP contribution is 2.18. The Morgan fingerprint density at radius 1 is 0.839 bits per heavy atom. The first kappa shape index (κ1) is 20.8. The molecule has 1 aromatic heterocycles. The summed E-state index contributed by atoms with van der Waals surface area (Å²) in [6.45, 7) is 8.27. The summed E-state index contributed by atoms with van der Waals surface area (Å²) < 4.78 is 1.79. The van der Waals surface area contributed by atoms with Crippen molar-refractivity contribution < 1.29 is 9.59 Å². The van der Waals surface area contributed by atoms with Gasteiger partial charge in [0.2, 0.25) is 0 Å². The standard InChI is InChI=1S/C25H28N4O2/c1-18(2)20-9-11-21(12-10-20)24(30)27-13-15-28(16-14-27)25(31)23-17-19(3)29(26-23)22-7-5-4-6-8-22/h4-12,17-18H,13-16H2,1-3H3. The van der Waals surface area contributed by atoms with Gasteiger partial charge in [0.1, 0.15) is 0 Å². The van der Waals surface area contributed by atoms with Gasteiger partial charge in [0.05, 0.1) is 5.69 Å². The summed E-state index contributed by atoms with van der Waals surface area (Å²) in [5.74, 6) is 0.366. The van der Waals surface area contributed by atoms with Crippen LogP contribution in [0.4, 0.5) is 0 Å². The molecule has 0 N–H and O–H groups in total. The van der Waals surface area contributed by atoms with Crippen LogP contribution >= 0.6 is 0 Å². The minimum Gasteiger partial charge on any atom is -0.335 e. The third-order valence-electron chi connectivity index (χ3n) is 5.79. The lowest BCUT2D eigenvalue weighted by Gasteiger charge is -2.34. The highest BCUT2D eigenvalue weighted by molar-refractivity contribution is 5.95. The molecule has 0 unspecified atom stereocenters. The maximum Gasteiger partial charge on any atom is 0.274 e. The van der Waals surface area contributed by atoms with E-state index in [1.54, 1.807) is 9.58 Å². The zero-order chi connectivity index (χ0) is 22.0. The van der Waals surface area contributed by atoms with Gasteiger partial charge >= 0.3 is 0 Å². The molecule has 0 bridgehead atoms. The van der Waals surface area contributed by atoms with Gasteiger partial charge in [-0.1, -0.05) is 44.2 Å². The highest BCUT2D eigenvalue weighted by atomic mass is 16.2. The maximum absolute atomic E-state index is 13.0. The quantitative estimate of drug-likeness (QED) is 0.648. The first-order valence-corrected chi connectivity index (χ1v) is 10.7. The van der Waals surface area contributed by atoms with E-state index >= 15 is 0 Å². The van der Waals surface area contributed by atoms with Crippen molar-refractivity contribution in [1.82, 2.24) is 19.6 Å². The lowest BCUT2D eigenvalue weighted by atomic mass is 10.0. The molecule has 160 valence electrons. The molecule has 0 spiro atoms. The SMILES string of the molecule is Cc1cc(C(=O)N2CCN(C(=O)c3ccc(C(C)C)cc3)CC2)nn1-c1ccccc1. The van der Waals surface area contributed by atoms with Gasteiger partial charge in [-0.3, -0.25) is 9.59 Å². The number of aromatic nitrogens is 2. The van der Waals surface area contributed by atoms with Crippen LogP contribution < -0.4 is 0 Å². The second-order valence-electron chi connectivity index (χ2n) is 8.28. The molecule has 0 aliphatic carbocycles. The van der Waals surface area contributed by atoms with Gasteiger partial charge in [-0.15, -0.1) is 0 Å². The molecule has 1 aliphatic heterocycles. The summed E-state index contributed by atoms with van der Waals surface area (Å²) in [5.41, 5.74) is 4.19. The van der Waals surface area contributed by atoms with E-state index in [1.807, 2.05) is 72.5 Å². The van der Waals surface area contributed by atoms with Gasteiger partial charge < -0.3 is 9.80 Å². The maximum atomic E-state index is 13.0. The molecule has 0 radical (unpaired) electrons. The zero-order valence-corrected chi connectivity index (χ0v) is 18.3. The molecule has 1 fully saturated rings. The number of benzene rings is 2. The van der Waals surface area contributed by atoms with Gasteiger partial charge in [-0.25, -0.2) is 4.68 Å². The number of amides is 2. The fourth-order valence-corrected chi connectivity index (χ4v) is 3.88. The Labute approximate surface area is 183 Å². The Morgan fingerprint density at radius 2 is 1.42 bits per heavy atom. The molecule has 2 aromatic carbocycles. The van der Waals surface area contributed by atoms with Crippen LogP contribution in [0.2, 0.25) is 0 Å². The number of carbonyl (C=O) groups is 2. The number of hydrogen-bond donors (Lipinski definition) is 0. The van der Waals surface area contributed by atoms with Crippen molar-refractivity contribution in [1.29, 1.82) is 0 Å². The van der Waals surface area contributed by atoms with Gasteiger partial charge in [-0.2, -0.15) is 5.10 Å². The van der Waals surface area contributed by atoms with Crippen molar-refractivity contribution in [3.8, 4) is 5.69 Å². The number of hydrogen-bond acceptors (Lipinski definition) is 3. The van der Waals surface area contributed by atoms with Gasteiger partial charge in [-0.05, 0) is 48.7 Å². The van der Waals surface area contributed by atoms with Crippen molar-refractivity contribution in [3.63, 3.8) is 0 Å². The van der Waals surface area contributed by atoms with E-state index in [4.69, 9.17) is 0 Å². The molecule has 6 heteroatoms. The van der Waals surface area contributed by atoms with Crippen molar-refractivity contribution in [2.45, 2.75) is 26.7 Å². The average Bonchev–Trinajstić information content (AvgIpc) is 3.20. The number of aryl methyl sites for hydroxylation is 1. The van der Waals surface area contributed by atoms with Crippen LogP contribution in [-0.4, -0.2) is 57.6 Å². The second-order valence-corrected chi connectivity index (χ2v) is 8.28. The summed E-state index contributed by atoms with van der Waals surface area (Å²) >= 11 is 0. The van der Waals surface area contributed by atoms with Crippen molar-refractivity contribution in [2.24, 2.45) is 0 Å². The summed E-state index contributed by atoms with van der Waals surface area (Å²) in [6, 6.07) is 19.4. The topological polar surface area (TPSA) is 58.4 Å². The lowest BCUT2D eigenvalue weighted by Crippen LogP contribution is -2.50. The Morgan fingerprint density at radius 3 is 2.00 bits per heavy atom. The van der Waals surface area contributed by atoms with Crippen LogP contribution in [-0.2, 0) is 0 Å². The minimum absolute atomic E-state index is 0.0200. The zero-order valence-electron chi connectivity index (χ0n) is 18.3. The van der Waals surface area contributed by atoms with Crippen molar-refractivity contribution in [2.75, 3.05) is 26.2 Å². The lowest BCUT2D eigenvalue weighted by molar-refractivity contribution is 0.0532. The fourth-order valence-electron chi connectivity index (χ4n) is 3.88. The molecular weight excluding hydrogens is 388 g/mol. The molecular formula is C25H28N4O2. The monoisotopic (exact) mass is 416 g/mol. The molecule has 2 heterocycles. The predicted molar refractivity (Wildman–Crippen MR) is 121 cm³/mol. The average molecular weight is 417 g/mol. The minimum atomic E-state index is -0.0915. The first-order valence-electron chi connectivity index (χ1n) is 10.7. The van der Waals surface area contributed by atoms with Crippen LogP contribution in [0.5, 0.6) is 0 Å². The van der Waals surface area contributed by atoms with Gasteiger partial charge in [0.25, 0.3) is 11.8 Å². The summed E-state index contributed by atoms with van der Waals surface area (Å²) in [6.07, 6.45) is 0. The van der Waals surface area contributed by atoms with Crippen molar-refractivity contribution >= 4 is 11.8 Å². The number of carbonyl (C=O) groups excluding carboxylic acids is 2. The molecule has 1 saturated heterocycles. The Hall–Kier alpha value is -3.41. The molecule has 0 saturated carbocycles. The number of para-hydroxylation sites is 1. The smallest absolute Gasteiger partial charge is 0.274 e. The van der Waals surface area contributed by atoms with Crippen LogP contribution in [0.3, 0.4) is 0 Å². The molecule has 0 atom stereocenters. The van der Waals surface area contributed by atoms with E-state index in [-0.39, 0.29) is 11.8 Å². The Bertz CT molecular complexity index is 1060. The summed E-state index contributed by atoms with van der Waals surface area (Å²) in [7, 11) is 0. The largest absolute Gasteiger partial charge is 0.335 e. The fraction of sp³-hybridized carbons (Fsp3) is 0.320. The van der Waals surface area contributed by atoms with Crippen LogP contribution in [0.25, 0.3) is 5.69 Å². The van der Waals surface area contributed by atoms with E-state index < -0.39 is 0 Å². The van der Waals surface area contributed by atoms with E-state index in [1.165, 1.54) is 5.56 Å². The summed E-state index contributed by atoms with van der Waals surface area (Å²) in [4.78, 5) is 29.4. The van der Waals surface area contributed by atoms with Crippen LogP contribution in [0.1, 0.15) is 51.9 Å². The molecule has 4 rings (SSSR count). The van der Waals surface area contributed by atoms with Crippen molar-refractivity contribution in [3.05, 3.63) is 83.2 Å². The normalized spacial score (nSPS) is 14.2. The molecule has 1 aliphatic rings. The van der Waals surface area contributed by atoms with E-state index in [0.717, 1.165) is 11.4 Å². The molecule has 2 amide bonds. The molecule has 6 nitrogen and oxygen atoms in total. The van der Waals surface area contributed by atoms with Crippen LogP contribution in [0.15, 0.2) is 60.7 Å². The highest BCUT2D eigenvalue weighted by Gasteiger charge is 2.27. The van der Waals surface area contributed by atoms with E-state index in [2.05, 4.69) is 18.9 Å². The number of rotatable bonds is 4. The summed E-state index contributed by atoms with van der Waals surface area (Å²) in [5, 5.41) is 4.52.